The van der Waals surface area contributed by atoms with Crippen LogP contribution in [-0.2, 0) is 0 Å². The van der Waals surface area contributed by atoms with Crippen LogP contribution in [0.2, 0.25) is 0 Å². The Morgan fingerprint density at radius 1 is 1.08 bits per heavy atom. The average molecular weight is 176 g/mol. The molecule has 0 atom stereocenters. The smallest absolute Gasteiger partial charge is 0.170 e. The van der Waals surface area contributed by atoms with Gasteiger partial charge in [0.25, 0.3) is 0 Å². The zero-order chi connectivity index (χ0) is 9.90. The van der Waals surface area contributed by atoms with Gasteiger partial charge in [0, 0.05) is 5.56 Å². The first kappa shape index (κ1) is 9.97. The van der Waals surface area contributed by atoms with E-state index in [1.54, 1.807) is 0 Å². The van der Waals surface area contributed by atoms with E-state index in [0.717, 1.165) is 0 Å². The van der Waals surface area contributed by atoms with Gasteiger partial charge in [-0.25, -0.2) is 4.58 Å². The molecule has 1 heteroatoms. The molecular formula is C12H18N+. The molecule has 0 saturated carbocycles. The number of rotatable bonds is 1. The maximum Gasteiger partial charge on any atom is 0.170 e. The molecule has 0 bridgehead atoms. The summed E-state index contributed by atoms with van der Waals surface area (Å²) < 4.78 is 2.22. The van der Waals surface area contributed by atoms with Gasteiger partial charge in [-0.1, -0.05) is 18.2 Å². The van der Waals surface area contributed by atoms with Crippen molar-refractivity contribution in [2.75, 3.05) is 7.05 Å². The van der Waals surface area contributed by atoms with Crippen molar-refractivity contribution in [1.29, 1.82) is 0 Å². The van der Waals surface area contributed by atoms with Crippen molar-refractivity contribution in [2.45, 2.75) is 26.3 Å². The van der Waals surface area contributed by atoms with Crippen LogP contribution in [0.5, 0.6) is 0 Å². The third kappa shape index (κ3) is 3.02. The lowest BCUT2D eigenvalue weighted by molar-refractivity contribution is -0.565. The lowest BCUT2D eigenvalue weighted by atomic mass is 10.1. The Morgan fingerprint density at radius 3 is 2.08 bits per heavy atom. The van der Waals surface area contributed by atoms with Crippen LogP contribution in [0.3, 0.4) is 0 Å². The number of benzene rings is 1. The first-order valence-electron chi connectivity index (χ1n) is 4.63. The van der Waals surface area contributed by atoms with Gasteiger partial charge in [-0.15, -0.1) is 0 Å². The maximum atomic E-state index is 2.22. The van der Waals surface area contributed by atoms with Crippen molar-refractivity contribution in [3.05, 3.63) is 35.9 Å². The van der Waals surface area contributed by atoms with Crippen LogP contribution >= 0.6 is 0 Å². The highest BCUT2D eigenvalue weighted by atomic mass is 15.0. The Bertz CT molecular complexity index is 291. The molecule has 0 radical (unpaired) electrons. The molecule has 1 aromatic rings. The molecule has 0 unspecified atom stereocenters. The van der Waals surface area contributed by atoms with Gasteiger partial charge in [0.2, 0.25) is 0 Å². The quantitative estimate of drug-likeness (QED) is 0.457. The fourth-order valence-electron chi connectivity index (χ4n) is 0.956. The Balaban J connectivity index is 2.90. The Kier molecular flexibility index (Phi) is 2.86. The van der Waals surface area contributed by atoms with Gasteiger partial charge in [0.15, 0.2) is 11.8 Å². The molecule has 0 aliphatic rings. The molecule has 0 fully saturated rings. The fraction of sp³-hybridized carbons (Fsp3) is 0.417. The molecule has 0 heterocycles. The Labute approximate surface area is 80.7 Å². The van der Waals surface area contributed by atoms with Crippen LogP contribution < -0.4 is 0 Å². The second-order valence-corrected chi connectivity index (χ2v) is 4.32. The molecule has 0 saturated heterocycles. The van der Waals surface area contributed by atoms with Crippen molar-refractivity contribution in [1.82, 2.24) is 0 Å². The van der Waals surface area contributed by atoms with E-state index in [1.165, 1.54) is 5.56 Å². The lowest BCUT2D eigenvalue weighted by Gasteiger charge is -2.13. The molecule has 1 rings (SSSR count). The molecule has 13 heavy (non-hydrogen) atoms. The molecule has 0 N–H and O–H groups in total. The van der Waals surface area contributed by atoms with Crippen LogP contribution in [0.1, 0.15) is 26.3 Å². The minimum absolute atomic E-state index is 0.190. The largest absolute Gasteiger partial charge is 0.234 e. The van der Waals surface area contributed by atoms with Crippen LogP contribution in [-0.4, -0.2) is 23.4 Å². The van der Waals surface area contributed by atoms with Gasteiger partial charge in [-0.2, -0.15) is 0 Å². The first-order valence-corrected chi connectivity index (χ1v) is 4.63. The van der Waals surface area contributed by atoms with Crippen molar-refractivity contribution in [3.8, 4) is 0 Å². The molecule has 0 aliphatic heterocycles. The normalized spacial score (nSPS) is 13.1. The average Bonchev–Trinajstić information content (AvgIpc) is 2.04. The maximum absolute atomic E-state index is 2.22. The van der Waals surface area contributed by atoms with Gasteiger partial charge >= 0.3 is 0 Å². The zero-order valence-electron chi connectivity index (χ0n) is 8.91. The lowest BCUT2D eigenvalue weighted by Crippen LogP contribution is -2.30. The van der Waals surface area contributed by atoms with E-state index in [0.29, 0.717) is 0 Å². The highest BCUT2D eigenvalue weighted by Crippen LogP contribution is 2.05. The summed E-state index contributed by atoms with van der Waals surface area (Å²) in [5.41, 5.74) is 1.44. The molecule has 1 nitrogen and oxygen atoms in total. The topological polar surface area (TPSA) is 3.01 Å². The van der Waals surface area contributed by atoms with E-state index in [9.17, 15) is 0 Å². The van der Waals surface area contributed by atoms with E-state index >= 15 is 0 Å². The molecule has 0 aliphatic carbocycles. The van der Waals surface area contributed by atoms with Gasteiger partial charge in [0.05, 0.1) is 0 Å². The van der Waals surface area contributed by atoms with E-state index in [2.05, 4.69) is 62.9 Å². The summed E-state index contributed by atoms with van der Waals surface area (Å²) in [6.07, 6.45) is 2.17. The second-order valence-electron chi connectivity index (χ2n) is 4.32. The highest BCUT2D eigenvalue weighted by Gasteiger charge is 2.18. The molecular weight excluding hydrogens is 158 g/mol. The van der Waals surface area contributed by atoms with Crippen LogP contribution in [0, 0.1) is 0 Å². The predicted octanol–water partition coefficient (Wildman–Crippen LogP) is 2.55. The van der Waals surface area contributed by atoms with Gasteiger partial charge in [0.1, 0.15) is 7.05 Å². The van der Waals surface area contributed by atoms with E-state index in [-0.39, 0.29) is 5.54 Å². The second kappa shape index (κ2) is 3.73. The van der Waals surface area contributed by atoms with Crippen LogP contribution in [0.25, 0.3) is 0 Å². The molecule has 0 spiro atoms. The Hall–Kier alpha value is -1.11. The third-order valence-corrected chi connectivity index (χ3v) is 2.20. The van der Waals surface area contributed by atoms with Crippen molar-refractivity contribution in [3.63, 3.8) is 0 Å². The number of hydrogen-bond acceptors (Lipinski definition) is 0. The van der Waals surface area contributed by atoms with E-state index in [1.807, 2.05) is 6.07 Å². The molecule has 1 aromatic carbocycles. The van der Waals surface area contributed by atoms with Crippen LogP contribution in [0.4, 0.5) is 0 Å². The van der Waals surface area contributed by atoms with Gasteiger partial charge < -0.3 is 0 Å². The first-order chi connectivity index (χ1) is 6.00. The van der Waals surface area contributed by atoms with E-state index < -0.39 is 0 Å². The van der Waals surface area contributed by atoms with Gasteiger partial charge in [-0.3, -0.25) is 0 Å². The fourth-order valence-corrected chi connectivity index (χ4v) is 0.956. The van der Waals surface area contributed by atoms with Crippen molar-refractivity contribution >= 4 is 6.21 Å². The number of nitrogens with zero attached hydrogens (tertiary/aromatic N) is 1. The monoisotopic (exact) mass is 176 g/mol. The van der Waals surface area contributed by atoms with Crippen LogP contribution in [0.15, 0.2) is 30.3 Å². The number of hydrogen-bond donors (Lipinski definition) is 0. The minimum Gasteiger partial charge on any atom is -0.234 e. The highest BCUT2D eigenvalue weighted by molar-refractivity contribution is 5.75. The standard InChI is InChI=1S/C12H18N/c1-12(2,3)13(4)10-11-8-6-5-7-9-11/h5-10H,1-4H3/q+1. The van der Waals surface area contributed by atoms with Gasteiger partial charge in [-0.05, 0) is 32.9 Å². The van der Waals surface area contributed by atoms with Crippen molar-refractivity contribution < 1.29 is 4.58 Å². The zero-order valence-corrected chi connectivity index (χ0v) is 8.91. The van der Waals surface area contributed by atoms with Crippen molar-refractivity contribution in [2.24, 2.45) is 0 Å². The SMILES string of the molecule is C[N+](=Cc1ccccc1)C(C)(C)C. The molecule has 70 valence electrons. The Morgan fingerprint density at radius 2 is 1.62 bits per heavy atom. The summed E-state index contributed by atoms with van der Waals surface area (Å²) in [6, 6.07) is 10.4. The summed E-state index contributed by atoms with van der Waals surface area (Å²) in [5, 5.41) is 0. The predicted molar refractivity (Wildman–Crippen MR) is 57.5 cm³/mol. The summed E-state index contributed by atoms with van der Waals surface area (Å²) in [4.78, 5) is 0. The van der Waals surface area contributed by atoms with E-state index in [4.69, 9.17) is 0 Å². The summed E-state index contributed by atoms with van der Waals surface area (Å²) in [5.74, 6) is 0. The summed E-state index contributed by atoms with van der Waals surface area (Å²) >= 11 is 0. The minimum atomic E-state index is 0.190. The molecule has 0 aromatic heterocycles. The third-order valence-electron chi connectivity index (χ3n) is 2.20. The summed E-state index contributed by atoms with van der Waals surface area (Å²) in [6.45, 7) is 6.60. The summed E-state index contributed by atoms with van der Waals surface area (Å²) in [7, 11) is 2.10. The molecule has 0 amide bonds.